The molecule has 0 radical (unpaired) electrons. The Morgan fingerprint density at radius 3 is 2.71 bits per heavy atom. The van der Waals surface area contributed by atoms with E-state index in [2.05, 4.69) is 29.8 Å². The number of nitrogens with one attached hydrogen (secondary N) is 1. The number of halogens is 2. The zero-order valence-corrected chi connectivity index (χ0v) is 23.8. The molecule has 4 aromatic rings. The normalized spacial score (nSPS) is 17.3. The maximum atomic E-state index is 13.4. The van der Waals surface area contributed by atoms with E-state index in [0.29, 0.717) is 58.5 Å². The molecule has 0 spiro atoms. The monoisotopic (exact) mass is 603 g/mol. The molecule has 216 valence electrons. The van der Waals surface area contributed by atoms with Gasteiger partial charge in [-0.05, 0) is 31.4 Å². The highest BCUT2D eigenvalue weighted by Gasteiger charge is 2.46. The predicted molar refractivity (Wildman–Crippen MR) is 148 cm³/mol. The number of anilines is 1. The zero-order chi connectivity index (χ0) is 28.8. The molecule has 2 aliphatic rings. The van der Waals surface area contributed by atoms with Crippen LogP contribution >= 0.6 is 11.3 Å². The largest absolute Gasteiger partial charge is 0.379 e. The standard InChI is InChI=1S/C25H27F2N9O3S2/c1-34(7-2-8-35-9-11-39-12-10-35)21-19-17-4-3-16(41(37,38)33-25(14-28)5-6-25)13-18(17)36(22(19)30-15-29-21)24-32-31-23(40-24)20(26)27/h3-4,13,15,20,33H,2,5-12H2,1H3. The van der Waals surface area contributed by atoms with E-state index in [1.807, 2.05) is 18.0 Å². The van der Waals surface area contributed by atoms with Crippen molar-refractivity contribution in [3.63, 3.8) is 0 Å². The van der Waals surface area contributed by atoms with E-state index in [4.69, 9.17) is 4.74 Å². The van der Waals surface area contributed by atoms with Crippen molar-refractivity contribution in [3.8, 4) is 11.2 Å². The smallest absolute Gasteiger partial charge is 0.291 e. The molecule has 41 heavy (non-hydrogen) atoms. The molecule has 2 fully saturated rings. The molecular formula is C25H27F2N9O3S2. The Kier molecular flexibility index (Phi) is 7.32. The van der Waals surface area contributed by atoms with Crippen molar-refractivity contribution in [2.75, 3.05) is 51.3 Å². The van der Waals surface area contributed by atoms with Crippen molar-refractivity contribution in [3.05, 3.63) is 29.5 Å². The lowest BCUT2D eigenvalue weighted by atomic mass is 10.2. The molecule has 0 bridgehead atoms. The molecule has 1 saturated heterocycles. The van der Waals surface area contributed by atoms with Crippen molar-refractivity contribution in [2.45, 2.75) is 36.1 Å². The summed E-state index contributed by atoms with van der Waals surface area (Å²) in [5, 5.41) is 18.0. The Hall–Kier alpha value is -3.36. The Labute approximate surface area is 238 Å². The van der Waals surface area contributed by atoms with Crippen LogP contribution in [0.1, 0.15) is 30.7 Å². The summed E-state index contributed by atoms with van der Waals surface area (Å²) in [4.78, 5) is 13.3. The average molecular weight is 604 g/mol. The fourth-order valence-electron chi connectivity index (χ4n) is 4.99. The molecular weight excluding hydrogens is 576 g/mol. The van der Waals surface area contributed by atoms with Gasteiger partial charge in [0, 0.05) is 38.6 Å². The van der Waals surface area contributed by atoms with E-state index in [0.717, 1.165) is 39.3 Å². The average Bonchev–Trinajstić information content (AvgIpc) is 3.41. The molecule has 3 aromatic heterocycles. The topological polar surface area (TPSA) is 142 Å². The number of nitriles is 1. The first kappa shape index (κ1) is 27.8. The van der Waals surface area contributed by atoms with E-state index in [1.165, 1.54) is 23.0 Å². The van der Waals surface area contributed by atoms with Crippen LogP contribution in [0.5, 0.6) is 0 Å². The van der Waals surface area contributed by atoms with Gasteiger partial charge in [-0.15, -0.1) is 10.2 Å². The van der Waals surface area contributed by atoms with E-state index in [1.54, 1.807) is 6.07 Å². The number of sulfonamides is 1. The Bertz CT molecular complexity index is 1740. The van der Waals surface area contributed by atoms with Crippen LogP contribution in [0, 0.1) is 11.3 Å². The summed E-state index contributed by atoms with van der Waals surface area (Å²) in [6, 6.07) is 6.58. The fraction of sp³-hybridized carbons (Fsp3) is 0.480. The predicted octanol–water partition coefficient (Wildman–Crippen LogP) is 2.86. The highest BCUT2D eigenvalue weighted by Crippen LogP contribution is 2.39. The van der Waals surface area contributed by atoms with Crippen LogP contribution in [-0.2, 0) is 14.8 Å². The van der Waals surface area contributed by atoms with E-state index in [9.17, 15) is 22.5 Å². The lowest BCUT2D eigenvalue weighted by molar-refractivity contribution is 0.0377. The highest BCUT2D eigenvalue weighted by molar-refractivity contribution is 7.89. The third kappa shape index (κ3) is 5.35. The van der Waals surface area contributed by atoms with Gasteiger partial charge in [-0.25, -0.2) is 27.2 Å². The van der Waals surface area contributed by atoms with Crippen molar-refractivity contribution in [1.82, 2.24) is 34.4 Å². The molecule has 0 unspecified atom stereocenters. The molecule has 1 saturated carbocycles. The molecule has 0 atom stereocenters. The lowest BCUT2D eigenvalue weighted by Gasteiger charge is -2.27. The molecule has 1 aliphatic heterocycles. The number of nitrogens with zero attached hydrogens (tertiary/aromatic N) is 8. The Morgan fingerprint density at radius 2 is 2.02 bits per heavy atom. The van der Waals surface area contributed by atoms with Crippen LogP contribution in [-0.4, -0.2) is 90.0 Å². The third-order valence-electron chi connectivity index (χ3n) is 7.34. The van der Waals surface area contributed by atoms with Gasteiger partial charge in [-0.1, -0.05) is 17.4 Å². The number of hydrogen-bond acceptors (Lipinski definition) is 11. The SMILES string of the molecule is CN(CCCN1CCOCC1)c1ncnc2c1c1ccc(S(=O)(=O)NC3(C#N)CC3)cc1n2-c1nnc(C(F)F)s1. The van der Waals surface area contributed by atoms with Crippen molar-refractivity contribution in [1.29, 1.82) is 5.26 Å². The number of benzene rings is 1. The summed E-state index contributed by atoms with van der Waals surface area (Å²) in [6.45, 7) is 4.84. The van der Waals surface area contributed by atoms with Crippen LogP contribution in [0.25, 0.3) is 27.1 Å². The fourth-order valence-corrected chi connectivity index (χ4v) is 7.11. The zero-order valence-electron chi connectivity index (χ0n) is 22.1. The minimum atomic E-state index is -4.05. The molecule has 12 nitrogen and oxygen atoms in total. The third-order valence-corrected chi connectivity index (χ3v) is 9.79. The van der Waals surface area contributed by atoms with Crippen LogP contribution in [0.3, 0.4) is 0 Å². The van der Waals surface area contributed by atoms with E-state index < -0.39 is 27.0 Å². The first-order valence-electron chi connectivity index (χ1n) is 13.1. The van der Waals surface area contributed by atoms with Gasteiger partial charge in [0.2, 0.25) is 15.2 Å². The number of hydrogen-bond donors (Lipinski definition) is 1. The van der Waals surface area contributed by atoms with Crippen molar-refractivity contribution < 1.29 is 21.9 Å². The van der Waals surface area contributed by atoms with Crippen LogP contribution in [0.4, 0.5) is 14.6 Å². The summed E-state index contributed by atoms with van der Waals surface area (Å²) in [6.07, 6.45) is 0.331. The maximum absolute atomic E-state index is 13.4. The first-order chi connectivity index (χ1) is 19.7. The molecule has 4 heterocycles. The number of rotatable bonds is 10. The Balaban J connectivity index is 1.43. The van der Waals surface area contributed by atoms with E-state index in [-0.39, 0.29) is 10.0 Å². The summed E-state index contributed by atoms with van der Waals surface area (Å²) < 4.78 is 62.8. The van der Waals surface area contributed by atoms with Crippen LogP contribution < -0.4 is 9.62 Å². The number of fused-ring (bicyclic) bond motifs is 3. The maximum Gasteiger partial charge on any atom is 0.291 e. The molecule has 1 aliphatic carbocycles. The molecule has 1 N–H and O–H groups in total. The van der Waals surface area contributed by atoms with Crippen LogP contribution in [0.15, 0.2) is 29.4 Å². The number of alkyl halides is 2. The second kappa shape index (κ2) is 10.8. The molecule has 0 amide bonds. The lowest BCUT2D eigenvalue weighted by Crippen LogP contribution is -2.38. The van der Waals surface area contributed by atoms with Crippen LogP contribution in [0.2, 0.25) is 0 Å². The van der Waals surface area contributed by atoms with Gasteiger partial charge in [0.25, 0.3) is 6.43 Å². The quantitative estimate of drug-likeness (QED) is 0.288. The summed E-state index contributed by atoms with van der Waals surface area (Å²) >= 11 is 0.702. The summed E-state index contributed by atoms with van der Waals surface area (Å²) in [7, 11) is -2.13. The minimum absolute atomic E-state index is 0.0671. The number of morpholine rings is 1. The van der Waals surface area contributed by atoms with Gasteiger partial charge < -0.3 is 9.64 Å². The first-order valence-corrected chi connectivity index (χ1v) is 15.4. The summed E-state index contributed by atoms with van der Waals surface area (Å²) in [5.41, 5.74) is -0.320. The second-order valence-corrected chi connectivity index (χ2v) is 12.8. The summed E-state index contributed by atoms with van der Waals surface area (Å²) in [5.74, 6) is 0.620. The highest BCUT2D eigenvalue weighted by atomic mass is 32.2. The van der Waals surface area contributed by atoms with Gasteiger partial charge in [0.05, 0.1) is 35.1 Å². The number of aromatic nitrogens is 5. The number of ether oxygens (including phenoxy) is 1. The van der Waals surface area contributed by atoms with E-state index >= 15 is 0 Å². The van der Waals surface area contributed by atoms with Gasteiger partial charge in [-0.2, -0.15) is 9.98 Å². The van der Waals surface area contributed by atoms with Gasteiger partial charge in [-0.3, -0.25) is 9.47 Å². The second-order valence-electron chi connectivity index (χ2n) is 10.2. The van der Waals surface area contributed by atoms with Gasteiger partial charge in [0.1, 0.15) is 17.7 Å². The molecule has 6 rings (SSSR count). The molecule has 1 aromatic carbocycles. The van der Waals surface area contributed by atoms with Crippen molar-refractivity contribution in [2.24, 2.45) is 0 Å². The van der Waals surface area contributed by atoms with Crippen molar-refractivity contribution >= 4 is 49.1 Å². The van der Waals surface area contributed by atoms with Gasteiger partial charge in [0.15, 0.2) is 10.7 Å². The minimum Gasteiger partial charge on any atom is -0.379 e. The Morgan fingerprint density at radius 1 is 1.24 bits per heavy atom. The molecule has 16 heteroatoms. The van der Waals surface area contributed by atoms with Gasteiger partial charge >= 0.3 is 0 Å².